The number of rotatable bonds is 5. The van der Waals surface area contributed by atoms with Gasteiger partial charge in [-0.3, -0.25) is 4.68 Å². The van der Waals surface area contributed by atoms with Crippen LogP contribution in [0, 0.1) is 5.82 Å². The first-order chi connectivity index (χ1) is 9.97. The van der Waals surface area contributed by atoms with Crippen LogP contribution in [0.15, 0.2) is 16.6 Å². The zero-order valence-electron chi connectivity index (χ0n) is 11.7. The SMILES string of the molecule is CCc1nn(CC)c(CNc2c(Cl)cc(F)cc2Br)c1Cl. The van der Waals surface area contributed by atoms with E-state index < -0.39 is 0 Å². The molecule has 0 saturated carbocycles. The Balaban J connectivity index is 2.26. The molecule has 1 heterocycles. The number of benzene rings is 1. The van der Waals surface area contributed by atoms with E-state index in [0.29, 0.717) is 26.8 Å². The molecule has 0 aliphatic heterocycles. The van der Waals surface area contributed by atoms with Gasteiger partial charge in [0.25, 0.3) is 0 Å². The minimum atomic E-state index is -0.387. The number of hydrogen-bond donors (Lipinski definition) is 1. The maximum absolute atomic E-state index is 13.2. The lowest BCUT2D eigenvalue weighted by molar-refractivity contribution is 0.618. The third kappa shape index (κ3) is 3.52. The number of anilines is 1. The summed E-state index contributed by atoms with van der Waals surface area (Å²) in [6, 6.07) is 2.63. The van der Waals surface area contributed by atoms with Crippen LogP contribution in [-0.4, -0.2) is 9.78 Å². The van der Waals surface area contributed by atoms with Crippen molar-refractivity contribution in [1.82, 2.24) is 9.78 Å². The average Bonchev–Trinajstić information content (AvgIpc) is 2.73. The van der Waals surface area contributed by atoms with Crippen LogP contribution in [0.3, 0.4) is 0 Å². The molecule has 0 saturated heterocycles. The van der Waals surface area contributed by atoms with Gasteiger partial charge in [-0.25, -0.2) is 4.39 Å². The Hall–Kier alpha value is -0.780. The monoisotopic (exact) mass is 393 g/mol. The third-order valence-electron chi connectivity index (χ3n) is 3.13. The zero-order valence-corrected chi connectivity index (χ0v) is 14.8. The first kappa shape index (κ1) is 16.6. The van der Waals surface area contributed by atoms with Gasteiger partial charge in [0.1, 0.15) is 5.82 Å². The van der Waals surface area contributed by atoms with Gasteiger partial charge < -0.3 is 5.32 Å². The fourth-order valence-corrected chi connectivity index (χ4v) is 3.36. The van der Waals surface area contributed by atoms with Crippen molar-refractivity contribution < 1.29 is 4.39 Å². The largest absolute Gasteiger partial charge is 0.377 e. The van der Waals surface area contributed by atoms with Crippen LogP contribution >= 0.6 is 39.1 Å². The number of halogens is 4. The minimum Gasteiger partial charge on any atom is -0.377 e. The maximum Gasteiger partial charge on any atom is 0.125 e. The van der Waals surface area contributed by atoms with E-state index in [9.17, 15) is 4.39 Å². The number of nitrogens with one attached hydrogen (secondary N) is 1. The summed E-state index contributed by atoms with van der Waals surface area (Å²) in [7, 11) is 0. The van der Waals surface area contributed by atoms with Crippen molar-refractivity contribution in [2.24, 2.45) is 0 Å². The Morgan fingerprint density at radius 1 is 1.33 bits per heavy atom. The van der Waals surface area contributed by atoms with Gasteiger partial charge in [0.2, 0.25) is 0 Å². The summed E-state index contributed by atoms with van der Waals surface area (Å²) in [6.07, 6.45) is 0.778. The van der Waals surface area contributed by atoms with Crippen LogP contribution < -0.4 is 5.32 Å². The van der Waals surface area contributed by atoms with E-state index in [1.54, 1.807) is 0 Å². The molecule has 7 heteroatoms. The molecule has 1 N–H and O–H groups in total. The highest BCUT2D eigenvalue weighted by atomic mass is 79.9. The lowest BCUT2D eigenvalue weighted by Gasteiger charge is -2.12. The topological polar surface area (TPSA) is 29.9 Å². The number of aromatic nitrogens is 2. The first-order valence-electron chi connectivity index (χ1n) is 6.60. The van der Waals surface area contributed by atoms with E-state index in [2.05, 4.69) is 26.3 Å². The zero-order chi connectivity index (χ0) is 15.6. The molecule has 0 aliphatic carbocycles. The van der Waals surface area contributed by atoms with Crippen molar-refractivity contribution in [2.75, 3.05) is 5.32 Å². The van der Waals surface area contributed by atoms with E-state index in [1.807, 2.05) is 18.5 Å². The summed E-state index contributed by atoms with van der Waals surface area (Å²) >= 11 is 15.7. The number of hydrogen-bond acceptors (Lipinski definition) is 2. The molecule has 21 heavy (non-hydrogen) atoms. The number of aryl methyl sites for hydroxylation is 2. The smallest absolute Gasteiger partial charge is 0.125 e. The van der Waals surface area contributed by atoms with E-state index in [-0.39, 0.29) is 5.82 Å². The van der Waals surface area contributed by atoms with Crippen LogP contribution in [0.4, 0.5) is 10.1 Å². The Bertz CT molecular complexity index is 635. The van der Waals surface area contributed by atoms with Crippen LogP contribution in [0.25, 0.3) is 0 Å². The Morgan fingerprint density at radius 2 is 2.05 bits per heavy atom. The Morgan fingerprint density at radius 3 is 2.62 bits per heavy atom. The molecule has 0 atom stereocenters. The second-order valence-electron chi connectivity index (χ2n) is 4.47. The van der Waals surface area contributed by atoms with E-state index >= 15 is 0 Å². The molecule has 1 aromatic heterocycles. The second kappa shape index (κ2) is 6.99. The van der Waals surface area contributed by atoms with Gasteiger partial charge >= 0.3 is 0 Å². The van der Waals surface area contributed by atoms with Crippen LogP contribution in [-0.2, 0) is 19.5 Å². The molecule has 0 radical (unpaired) electrons. The highest BCUT2D eigenvalue weighted by Gasteiger charge is 2.15. The normalized spacial score (nSPS) is 11.0. The predicted molar refractivity (Wildman–Crippen MR) is 88.7 cm³/mol. The second-order valence-corrected chi connectivity index (χ2v) is 6.11. The molecular formula is C14H15BrCl2FN3. The maximum atomic E-state index is 13.2. The quantitative estimate of drug-likeness (QED) is 0.746. The van der Waals surface area contributed by atoms with Crippen molar-refractivity contribution in [3.63, 3.8) is 0 Å². The van der Waals surface area contributed by atoms with Gasteiger partial charge in [0.05, 0.1) is 33.7 Å². The van der Waals surface area contributed by atoms with Crippen LogP contribution in [0.2, 0.25) is 10.0 Å². The summed E-state index contributed by atoms with van der Waals surface area (Å²) in [4.78, 5) is 0. The molecule has 0 fully saturated rings. The molecule has 0 bridgehead atoms. The van der Waals surface area contributed by atoms with Crippen molar-refractivity contribution in [1.29, 1.82) is 0 Å². The van der Waals surface area contributed by atoms with Gasteiger partial charge in [-0.05, 0) is 41.4 Å². The molecule has 0 unspecified atom stereocenters. The van der Waals surface area contributed by atoms with E-state index in [1.165, 1.54) is 12.1 Å². The lowest BCUT2D eigenvalue weighted by atomic mass is 10.2. The third-order valence-corrected chi connectivity index (χ3v) is 4.49. The summed E-state index contributed by atoms with van der Waals surface area (Å²) in [6.45, 7) is 5.21. The van der Waals surface area contributed by atoms with E-state index in [4.69, 9.17) is 23.2 Å². The minimum absolute atomic E-state index is 0.316. The molecule has 3 nitrogen and oxygen atoms in total. The molecule has 1 aromatic carbocycles. The van der Waals surface area contributed by atoms with Gasteiger partial charge in [-0.1, -0.05) is 30.1 Å². The van der Waals surface area contributed by atoms with Gasteiger partial charge in [0, 0.05) is 11.0 Å². The first-order valence-corrected chi connectivity index (χ1v) is 8.15. The Labute approximate surface area is 141 Å². The van der Waals surface area contributed by atoms with Crippen molar-refractivity contribution >= 4 is 44.8 Å². The fraction of sp³-hybridized carbons (Fsp3) is 0.357. The van der Waals surface area contributed by atoms with Gasteiger partial charge in [-0.15, -0.1) is 0 Å². The van der Waals surface area contributed by atoms with Crippen molar-refractivity contribution in [3.8, 4) is 0 Å². The van der Waals surface area contributed by atoms with Gasteiger partial charge in [0.15, 0.2) is 0 Å². The summed E-state index contributed by atoms with van der Waals surface area (Å²) in [5.74, 6) is -0.387. The van der Waals surface area contributed by atoms with Crippen molar-refractivity contribution in [3.05, 3.63) is 43.9 Å². The summed E-state index contributed by atoms with van der Waals surface area (Å²) in [5.41, 5.74) is 2.40. The van der Waals surface area contributed by atoms with Gasteiger partial charge in [-0.2, -0.15) is 5.10 Å². The number of nitrogens with zero attached hydrogens (tertiary/aromatic N) is 2. The molecule has 0 spiro atoms. The molecule has 2 aromatic rings. The van der Waals surface area contributed by atoms with E-state index in [0.717, 1.165) is 24.4 Å². The lowest BCUT2D eigenvalue weighted by Crippen LogP contribution is -2.09. The molecule has 114 valence electrons. The molecule has 2 rings (SSSR count). The highest BCUT2D eigenvalue weighted by Crippen LogP contribution is 2.32. The fourth-order valence-electron chi connectivity index (χ4n) is 2.07. The molecular weight excluding hydrogens is 380 g/mol. The molecule has 0 amide bonds. The standard InChI is InChI=1S/C14H15BrCl2FN3/c1-3-11-13(17)12(21(4-2)20-11)7-19-14-9(15)5-8(18)6-10(14)16/h5-6,19H,3-4,7H2,1-2H3. The summed E-state index contributed by atoms with van der Waals surface area (Å²) in [5, 5.41) is 8.63. The van der Waals surface area contributed by atoms with Crippen LogP contribution in [0.1, 0.15) is 25.2 Å². The molecule has 0 aliphatic rings. The van der Waals surface area contributed by atoms with Crippen LogP contribution in [0.5, 0.6) is 0 Å². The Kier molecular flexibility index (Phi) is 5.52. The summed E-state index contributed by atoms with van der Waals surface area (Å²) < 4.78 is 15.7. The van der Waals surface area contributed by atoms with Crippen molar-refractivity contribution in [2.45, 2.75) is 33.4 Å². The predicted octanol–water partition coefficient (Wildman–Crippen LogP) is 5.29. The highest BCUT2D eigenvalue weighted by molar-refractivity contribution is 9.10. The average molecular weight is 395 g/mol.